The topological polar surface area (TPSA) is 29.9 Å². The molecule has 3 heteroatoms. The highest BCUT2D eigenvalue weighted by molar-refractivity contribution is 5.32. The maximum atomic E-state index is 4.62. The largest absolute Gasteiger partial charge is 0.353 e. The van der Waals surface area contributed by atoms with Gasteiger partial charge in [-0.05, 0) is 25.3 Å². The third-order valence-corrected chi connectivity index (χ3v) is 3.78. The fraction of sp³-hybridized carbons (Fsp3) is 0.438. The van der Waals surface area contributed by atoms with E-state index in [0.29, 0.717) is 6.04 Å². The monoisotopic (exact) mass is 255 g/mol. The van der Waals surface area contributed by atoms with Crippen LogP contribution in [0.2, 0.25) is 0 Å². The van der Waals surface area contributed by atoms with Crippen LogP contribution in [0.15, 0.2) is 36.5 Å². The first kappa shape index (κ1) is 12.3. The molecule has 1 aromatic heterocycles. The summed E-state index contributed by atoms with van der Waals surface area (Å²) in [6.45, 7) is 2.94. The Hall–Kier alpha value is -1.77. The smallest absolute Gasteiger partial charge is 0.203 e. The van der Waals surface area contributed by atoms with Crippen molar-refractivity contribution < 1.29 is 0 Å². The van der Waals surface area contributed by atoms with Crippen molar-refractivity contribution in [3.05, 3.63) is 47.8 Å². The van der Waals surface area contributed by atoms with Gasteiger partial charge in [-0.3, -0.25) is 0 Å². The number of hydrogen-bond donors (Lipinski definition) is 1. The lowest BCUT2D eigenvalue weighted by Crippen LogP contribution is -2.18. The predicted octanol–water partition coefficient (Wildman–Crippen LogP) is 3.59. The van der Waals surface area contributed by atoms with E-state index in [1.54, 1.807) is 0 Å². The molecule has 0 unspecified atom stereocenters. The van der Waals surface area contributed by atoms with Gasteiger partial charge in [0, 0.05) is 12.2 Å². The minimum Gasteiger partial charge on any atom is -0.353 e. The van der Waals surface area contributed by atoms with Crippen LogP contribution >= 0.6 is 0 Å². The van der Waals surface area contributed by atoms with Gasteiger partial charge in [-0.2, -0.15) is 0 Å². The van der Waals surface area contributed by atoms with Gasteiger partial charge >= 0.3 is 0 Å². The number of benzene rings is 1. The molecule has 3 rings (SSSR count). The van der Waals surface area contributed by atoms with E-state index in [-0.39, 0.29) is 0 Å². The average Bonchev–Trinajstić information content (AvgIpc) is 3.02. The summed E-state index contributed by atoms with van der Waals surface area (Å²) in [7, 11) is 0. The van der Waals surface area contributed by atoms with Crippen LogP contribution in [0.5, 0.6) is 0 Å². The zero-order chi connectivity index (χ0) is 13.1. The molecule has 3 nitrogen and oxygen atoms in total. The van der Waals surface area contributed by atoms with Crippen molar-refractivity contribution in [1.82, 2.24) is 9.55 Å². The Morgan fingerprint density at radius 1 is 1.21 bits per heavy atom. The van der Waals surface area contributed by atoms with Crippen LogP contribution in [0.3, 0.4) is 0 Å². The lowest BCUT2D eigenvalue weighted by Gasteiger charge is -2.14. The first-order valence-electron chi connectivity index (χ1n) is 7.15. The Labute approximate surface area is 114 Å². The third kappa shape index (κ3) is 2.98. The van der Waals surface area contributed by atoms with Crippen LogP contribution in [0, 0.1) is 6.92 Å². The third-order valence-electron chi connectivity index (χ3n) is 3.78. The van der Waals surface area contributed by atoms with Gasteiger partial charge in [0.2, 0.25) is 5.95 Å². The number of imidazole rings is 1. The molecule has 1 aromatic carbocycles. The van der Waals surface area contributed by atoms with Crippen LogP contribution in [0.1, 0.15) is 36.9 Å². The van der Waals surface area contributed by atoms with Crippen molar-refractivity contribution in [3.8, 4) is 0 Å². The lowest BCUT2D eigenvalue weighted by molar-refractivity contribution is 0.716. The normalized spacial score (nSPS) is 15.8. The molecule has 1 aliphatic rings. The minimum atomic E-state index is 0.608. The molecule has 0 amide bonds. The summed E-state index contributed by atoms with van der Waals surface area (Å²) in [6.07, 6.45) is 7.37. The van der Waals surface area contributed by atoms with E-state index in [1.165, 1.54) is 31.2 Å². The van der Waals surface area contributed by atoms with Gasteiger partial charge in [0.05, 0.1) is 12.2 Å². The standard InChI is InChI=1S/C16H21N3/c1-13-11-19(12-14-7-3-2-4-8-14)16(17-13)18-15-9-5-6-10-15/h2-4,7-8,11,15H,5-6,9-10,12H2,1H3,(H,17,18). The van der Waals surface area contributed by atoms with Crippen molar-refractivity contribution in [2.75, 3.05) is 5.32 Å². The summed E-state index contributed by atoms with van der Waals surface area (Å²) in [4.78, 5) is 4.62. The number of nitrogens with one attached hydrogen (secondary N) is 1. The Morgan fingerprint density at radius 3 is 2.68 bits per heavy atom. The number of rotatable bonds is 4. The second-order valence-corrected chi connectivity index (χ2v) is 5.45. The molecule has 0 radical (unpaired) electrons. The fourth-order valence-electron chi connectivity index (χ4n) is 2.82. The number of nitrogens with zero attached hydrogens (tertiary/aromatic N) is 2. The molecular formula is C16H21N3. The Kier molecular flexibility index (Phi) is 3.53. The summed E-state index contributed by atoms with van der Waals surface area (Å²) in [5, 5.41) is 3.60. The van der Waals surface area contributed by atoms with Crippen LogP contribution < -0.4 is 5.32 Å². The number of aromatic nitrogens is 2. The molecule has 1 aliphatic carbocycles. The van der Waals surface area contributed by atoms with Crippen LogP contribution in [-0.2, 0) is 6.54 Å². The van der Waals surface area contributed by atoms with Crippen molar-refractivity contribution in [2.45, 2.75) is 45.2 Å². The Morgan fingerprint density at radius 2 is 1.95 bits per heavy atom. The van der Waals surface area contributed by atoms with Crippen molar-refractivity contribution in [2.24, 2.45) is 0 Å². The molecule has 1 N–H and O–H groups in total. The first-order valence-corrected chi connectivity index (χ1v) is 7.15. The van der Waals surface area contributed by atoms with E-state index in [2.05, 4.69) is 58.3 Å². The molecule has 0 aliphatic heterocycles. The SMILES string of the molecule is Cc1cn(Cc2ccccc2)c(NC2CCCC2)n1. The van der Waals surface area contributed by atoms with Gasteiger partial charge in [0.15, 0.2) is 0 Å². The highest BCUT2D eigenvalue weighted by Crippen LogP contribution is 2.22. The van der Waals surface area contributed by atoms with Crippen molar-refractivity contribution in [3.63, 3.8) is 0 Å². The Balaban J connectivity index is 1.76. The van der Waals surface area contributed by atoms with E-state index in [9.17, 15) is 0 Å². The van der Waals surface area contributed by atoms with Gasteiger partial charge in [-0.1, -0.05) is 43.2 Å². The molecular weight excluding hydrogens is 234 g/mol. The second-order valence-electron chi connectivity index (χ2n) is 5.45. The van der Waals surface area contributed by atoms with E-state index < -0.39 is 0 Å². The molecule has 1 saturated carbocycles. The number of hydrogen-bond acceptors (Lipinski definition) is 2. The molecule has 0 spiro atoms. The maximum Gasteiger partial charge on any atom is 0.203 e. The highest BCUT2D eigenvalue weighted by atomic mass is 15.2. The molecule has 0 bridgehead atoms. The molecule has 100 valence electrons. The van der Waals surface area contributed by atoms with E-state index in [1.807, 2.05) is 0 Å². The lowest BCUT2D eigenvalue weighted by atomic mass is 10.2. The summed E-state index contributed by atoms with van der Waals surface area (Å²) in [5.74, 6) is 1.02. The quantitative estimate of drug-likeness (QED) is 0.904. The number of anilines is 1. The minimum absolute atomic E-state index is 0.608. The van der Waals surface area contributed by atoms with Gasteiger partial charge in [0.25, 0.3) is 0 Å². The molecule has 19 heavy (non-hydrogen) atoms. The van der Waals surface area contributed by atoms with Gasteiger partial charge < -0.3 is 9.88 Å². The van der Waals surface area contributed by atoms with Crippen LogP contribution in [-0.4, -0.2) is 15.6 Å². The second kappa shape index (κ2) is 5.47. The van der Waals surface area contributed by atoms with Gasteiger partial charge in [0.1, 0.15) is 0 Å². The van der Waals surface area contributed by atoms with Crippen molar-refractivity contribution >= 4 is 5.95 Å². The van der Waals surface area contributed by atoms with E-state index in [0.717, 1.165) is 18.2 Å². The van der Waals surface area contributed by atoms with Gasteiger partial charge in [-0.15, -0.1) is 0 Å². The average molecular weight is 255 g/mol. The molecule has 0 saturated heterocycles. The highest BCUT2D eigenvalue weighted by Gasteiger charge is 2.17. The summed E-state index contributed by atoms with van der Waals surface area (Å²) >= 11 is 0. The summed E-state index contributed by atoms with van der Waals surface area (Å²) in [6, 6.07) is 11.2. The maximum absolute atomic E-state index is 4.62. The predicted molar refractivity (Wildman–Crippen MR) is 78.4 cm³/mol. The van der Waals surface area contributed by atoms with Crippen LogP contribution in [0.4, 0.5) is 5.95 Å². The van der Waals surface area contributed by atoms with Gasteiger partial charge in [-0.25, -0.2) is 4.98 Å². The zero-order valence-electron chi connectivity index (χ0n) is 11.5. The fourth-order valence-corrected chi connectivity index (χ4v) is 2.82. The van der Waals surface area contributed by atoms with E-state index >= 15 is 0 Å². The van der Waals surface area contributed by atoms with E-state index in [4.69, 9.17) is 0 Å². The van der Waals surface area contributed by atoms with Crippen molar-refractivity contribution in [1.29, 1.82) is 0 Å². The Bertz CT molecular complexity index is 524. The summed E-state index contributed by atoms with van der Waals surface area (Å²) in [5.41, 5.74) is 2.39. The molecule has 2 aromatic rings. The molecule has 0 atom stereocenters. The number of aryl methyl sites for hydroxylation is 1. The molecule has 1 fully saturated rings. The first-order chi connectivity index (χ1) is 9.31. The zero-order valence-corrected chi connectivity index (χ0v) is 11.5. The summed E-state index contributed by atoms with van der Waals surface area (Å²) < 4.78 is 2.23. The molecule has 1 heterocycles. The van der Waals surface area contributed by atoms with Crippen LogP contribution in [0.25, 0.3) is 0 Å².